The lowest BCUT2D eigenvalue weighted by molar-refractivity contribution is -0.141. The second kappa shape index (κ2) is 10.6. The van der Waals surface area contributed by atoms with Gasteiger partial charge in [0.1, 0.15) is 0 Å². The van der Waals surface area contributed by atoms with Crippen molar-refractivity contribution >= 4 is 28.6 Å². The third-order valence-electron chi connectivity index (χ3n) is 4.92. The van der Waals surface area contributed by atoms with E-state index < -0.39 is 18.3 Å². The van der Waals surface area contributed by atoms with Crippen LogP contribution in [0.5, 0.6) is 0 Å². The van der Waals surface area contributed by atoms with E-state index in [2.05, 4.69) is 34.3 Å². The molecule has 1 heterocycles. The molecule has 0 aliphatic carbocycles. The van der Waals surface area contributed by atoms with Gasteiger partial charge in [0.15, 0.2) is 0 Å². The largest absolute Gasteiger partial charge is 0.469 e. The maximum atomic E-state index is 11.4. The Morgan fingerprint density at radius 2 is 2.08 bits per heavy atom. The van der Waals surface area contributed by atoms with E-state index in [9.17, 15) is 15.0 Å². The van der Waals surface area contributed by atoms with Crippen LogP contribution in [0.4, 0.5) is 0 Å². The van der Waals surface area contributed by atoms with Gasteiger partial charge in [0.2, 0.25) is 0 Å². The molecule has 1 saturated heterocycles. The van der Waals surface area contributed by atoms with Gasteiger partial charge < -0.3 is 19.7 Å². The Hall–Kier alpha value is -0.700. The molecule has 5 nitrogen and oxygen atoms in total. The van der Waals surface area contributed by atoms with Crippen LogP contribution in [0.3, 0.4) is 0 Å². The zero-order chi connectivity index (χ0) is 19.1. The number of halogens is 1. The van der Waals surface area contributed by atoms with Gasteiger partial charge in [-0.15, -0.1) is 0 Å². The Morgan fingerprint density at radius 3 is 2.77 bits per heavy atom. The molecular formula is C20H29IO5. The molecule has 1 aliphatic heterocycles. The van der Waals surface area contributed by atoms with Crippen LogP contribution in [-0.4, -0.2) is 39.4 Å². The molecule has 1 aromatic rings. The van der Waals surface area contributed by atoms with Gasteiger partial charge in [-0.05, 0) is 24.0 Å². The van der Waals surface area contributed by atoms with Crippen molar-refractivity contribution in [1.82, 2.24) is 0 Å². The maximum Gasteiger partial charge on any atom is 0.305 e. The minimum atomic E-state index is -0.657. The molecule has 0 amide bonds. The topological polar surface area (TPSA) is 76.0 Å². The minimum absolute atomic E-state index is 0.140. The Balaban J connectivity index is 2.11. The minimum Gasteiger partial charge on any atom is -0.469 e. The Labute approximate surface area is 169 Å². The van der Waals surface area contributed by atoms with E-state index in [1.807, 2.05) is 24.3 Å². The summed E-state index contributed by atoms with van der Waals surface area (Å²) in [7, 11) is 1.36. The molecule has 5 atom stereocenters. The molecule has 1 aromatic carbocycles. The van der Waals surface area contributed by atoms with Crippen molar-refractivity contribution in [2.45, 2.75) is 73.8 Å². The van der Waals surface area contributed by atoms with Gasteiger partial charge in [0, 0.05) is 6.42 Å². The standard InChI is InChI=1S/C20H29IO5/c1-3-4-5-10-15(22)13-8-6-7-9-14(13)20-18(21)19(24)16(26-20)11-12-17(23)25-2/h6-9,15-16,18-20,22,24H,3-5,10-12H2,1-2H3/t15-,16+,18-,19+,20+/m1/s1. The predicted molar refractivity (Wildman–Crippen MR) is 108 cm³/mol. The number of unbranched alkanes of at least 4 members (excludes halogenated alkanes) is 2. The number of carbonyl (C=O) groups excluding carboxylic acids is 1. The lowest BCUT2D eigenvalue weighted by Crippen LogP contribution is -2.27. The summed E-state index contributed by atoms with van der Waals surface area (Å²) in [5, 5.41) is 21.2. The van der Waals surface area contributed by atoms with Crippen molar-refractivity contribution in [3.63, 3.8) is 0 Å². The summed E-state index contributed by atoms with van der Waals surface area (Å²) in [6, 6.07) is 7.75. The Bertz CT molecular complexity index is 579. The highest BCUT2D eigenvalue weighted by Crippen LogP contribution is 2.42. The summed E-state index contributed by atoms with van der Waals surface area (Å²) in [5.41, 5.74) is 1.80. The fourth-order valence-electron chi connectivity index (χ4n) is 3.39. The fraction of sp³-hybridized carbons (Fsp3) is 0.650. The van der Waals surface area contributed by atoms with Crippen LogP contribution in [0, 0.1) is 0 Å². The SMILES string of the molecule is CCCCC[C@@H](O)c1ccccc1[C@@H]1O[C@@H](CCC(=O)OC)[C@H](O)[C@H]1I. The van der Waals surface area contributed by atoms with Crippen LogP contribution < -0.4 is 0 Å². The first-order valence-corrected chi connectivity index (χ1v) is 10.6. The molecule has 0 bridgehead atoms. The van der Waals surface area contributed by atoms with E-state index in [4.69, 9.17) is 4.74 Å². The lowest BCUT2D eigenvalue weighted by Gasteiger charge is -2.21. The highest BCUT2D eigenvalue weighted by molar-refractivity contribution is 14.1. The number of methoxy groups -OCH3 is 1. The van der Waals surface area contributed by atoms with Crippen LogP contribution in [-0.2, 0) is 14.3 Å². The monoisotopic (exact) mass is 476 g/mol. The van der Waals surface area contributed by atoms with Crippen molar-refractivity contribution in [3.05, 3.63) is 35.4 Å². The average molecular weight is 476 g/mol. The van der Waals surface area contributed by atoms with Crippen molar-refractivity contribution in [2.24, 2.45) is 0 Å². The van der Waals surface area contributed by atoms with Crippen LogP contribution in [0.1, 0.15) is 68.8 Å². The molecule has 146 valence electrons. The number of hydrogen-bond acceptors (Lipinski definition) is 5. The van der Waals surface area contributed by atoms with E-state index in [0.717, 1.165) is 36.8 Å². The molecular weight excluding hydrogens is 447 g/mol. The third-order valence-corrected chi connectivity index (χ3v) is 6.31. The smallest absolute Gasteiger partial charge is 0.305 e. The molecule has 0 radical (unpaired) electrons. The number of rotatable bonds is 9. The zero-order valence-electron chi connectivity index (χ0n) is 15.4. The molecule has 26 heavy (non-hydrogen) atoms. The van der Waals surface area contributed by atoms with Gasteiger partial charge in [-0.1, -0.05) is 73.0 Å². The van der Waals surface area contributed by atoms with E-state index in [0.29, 0.717) is 6.42 Å². The highest BCUT2D eigenvalue weighted by Gasteiger charge is 2.43. The summed E-state index contributed by atoms with van der Waals surface area (Å²) in [6.45, 7) is 2.14. The third kappa shape index (κ3) is 5.41. The van der Waals surface area contributed by atoms with E-state index >= 15 is 0 Å². The first-order valence-electron chi connectivity index (χ1n) is 9.30. The maximum absolute atomic E-state index is 11.4. The predicted octanol–water partition coefficient (Wildman–Crippen LogP) is 3.86. The van der Waals surface area contributed by atoms with Crippen molar-refractivity contribution in [3.8, 4) is 0 Å². The summed E-state index contributed by atoms with van der Waals surface area (Å²) in [4.78, 5) is 11.4. The van der Waals surface area contributed by atoms with Crippen molar-refractivity contribution in [1.29, 1.82) is 0 Å². The van der Waals surface area contributed by atoms with E-state index in [-0.39, 0.29) is 22.4 Å². The molecule has 0 saturated carbocycles. The number of aliphatic hydroxyl groups excluding tert-OH is 2. The number of hydrogen-bond donors (Lipinski definition) is 2. The second-order valence-electron chi connectivity index (χ2n) is 6.79. The van der Waals surface area contributed by atoms with Gasteiger partial charge in [-0.25, -0.2) is 0 Å². The second-order valence-corrected chi connectivity index (χ2v) is 8.22. The van der Waals surface area contributed by atoms with Gasteiger partial charge in [0.05, 0.1) is 35.5 Å². The quantitative estimate of drug-likeness (QED) is 0.245. The molecule has 0 unspecified atom stereocenters. The van der Waals surface area contributed by atoms with Crippen LogP contribution >= 0.6 is 22.6 Å². The molecule has 6 heteroatoms. The van der Waals surface area contributed by atoms with Crippen LogP contribution in [0.2, 0.25) is 0 Å². The number of ether oxygens (including phenoxy) is 2. The Kier molecular flexibility index (Phi) is 8.79. The number of aliphatic hydroxyl groups is 2. The normalized spacial score (nSPS) is 26.7. The number of alkyl halides is 1. The average Bonchev–Trinajstić information content (AvgIpc) is 2.94. The summed E-state index contributed by atoms with van der Waals surface area (Å²) in [6.07, 6.45) is 2.66. The summed E-state index contributed by atoms with van der Waals surface area (Å²) >= 11 is 2.21. The van der Waals surface area contributed by atoms with Crippen LogP contribution in [0.25, 0.3) is 0 Å². The molecule has 1 aliphatic rings. The van der Waals surface area contributed by atoms with Crippen molar-refractivity contribution < 1.29 is 24.5 Å². The van der Waals surface area contributed by atoms with Gasteiger partial charge in [0.25, 0.3) is 0 Å². The van der Waals surface area contributed by atoms with E-state index in [1.165, 1.54) is 7.11 Å². The molecule has 2 rings (SSSR count). The first kappa shape index (κ1) is 21.6. The lowest BCUT2D eigenvalue weighted by atomic mass is 9.93. The van der Waals surface area contributed by atoms with Crippen LogP contribution in [0.15, 0.2) is 24.3 Å². The fourth-order valence-corrected chi connectivity index (χ4v) is 4.41. The Morgan fingerprint density at radius 1 is 1.35 bits per heavy atom. The summed E-state index contributed by atoms with van der Waals surface area (Å²) < 4.78 is 10.6. The number of esters is 1. The first-order chi connectivity index (χ1) is 12.5. The van der Waals surface area contributed by atoms with Gasteiger partial charge in [-0.3, -0.25) is 4.79 Å². The molecule has 0 spiro atoms. The molecule has 0 aromatic heterocycles. The molecule has 1 fully saturated rings. The van der Waals surface area contributed by atoms with E-state index in [1.54, 1.807) is 0 Å². The number of benzene rings is 1. The van der Waals surface area contributed by atoms with Gasteiger partial charge >= 0.3 is 5.97 Å². The zero-order valence-corrected chi connectivity index (χ0v) is 17.6. The summed E-state index contributed by atoms with van der Waals surface area (Å²) in [5.74, 6) is -0.305. The van der Waals surface area contributed by atoms with Gasteiger partial charge in [-0.2, -0.15) is 0 Å². The number of carbonyl (C=O) groups is 1. The van der Waals surface area contributed by atoms with Crippen molar-refractivity contribution in [2.75, 3.05) is 7.11 Å². The highest BCUT2D eigenvalue weighted by atomic mass is 127. The molecule has 2 N–H and O–H groups in total.